The summed E-state index contributed by atoms with van der Waals surface area (Å²) in [4.78, 5) is 14.4. The fraction of sp³-hybridized carbons (Fsp3) is 0.429. The molecule has 104 valence electrons. The van der Waals surface area contributed by atoms with Gasteiger partial charge in [-0.1, -0.05) is 30.4 Å². The van der Waals surface area contributed by atoms with Crippen molar-refractivity contribution in [2.45, 2.75) is 19.3 Å². The summed E-state index contributed by atoms with van der Waals surface area (Å²) in [5.74, 6) is 0.0690. The number of rotatable bonds is 8. The number of carbonyl (C=O) groups is 1. The summed E-state index contributed by atoms with van der Waals surface area (Å²) in [6, 6.07) is 9.56. The molecule has 0 saturated carbocycles. The van der Waals surface area contributed by atoms with Crippen molar-refractivity contribution >= 4 is 28.8 Å². The van der Waals surface area contributed by atoms with E-state index in [-0.39, 0.29) is 5.91 Å². The molecule has 5 heteroatoms. The zero-order valence-corrected chi connectivity index (χ0v) is 12.0. The standard InChI is InChI=1S/C14H20N2O2S/c1-18-11-5-8-14(17)16(10-9-13(15)19)12-6-3-2-4-7-12/h2-4,6-7H,5,8-11H2,1H3,(H2,15,19). The van der Waals surface area contributed by atoms with Gasteiger partial charge in [-0.25, -0.2) is 0 Å². The highest BCUT2D eigenvalue weighted by molar-refractivity contribution is 7.80. The Hall–Kier alpha value is -1.46. The number of anilines is 1. The van der Waals surface area contributed by atoms with E-state index in [1.54, 1.807) is 12.0 Å². The highest BCUT2D eigenvalue weighted by atomic mass is 32.1. The Bertz CT molecular complexity index is 409. The smallest absolute Gasteiger partial charge is 0.227 e. The summed E-state index contributed by atoms with van der Waals surface area (Å²) < 4.78 is 4.96. The molecular formula is C14H20N2O2S. The van der Waals surface area contributed by atoms with Crippen LogP contribution in [0, 0.1) is 0 Å². The topological polar surface area (TPSA) is 55.6 Å². The van der Waals surface area contributed by atoms with Crippen molar-refractivity contribution in [3.63, 3.8) is 0 Å². The molecule has 0 atom stereocenters. The second kappa shape index (κ2) is 8.61. The molecule has 1 aromatic carbocycles. The minimum atomic E-state index is 0.0690. The average molecular weight is 280 g/mol. The second-order valence-electron chi connectivity index (χ2n) is 4.19. The summed E-state index contributed by atoms with van der Waals surface area (Å²) in [6.07, 6.45) is 1.70. The third kappa shape index (κ3) is 5.81. The van der Waals surface area contributed by atoms with Crippen LogP contribution in [0.2, 0.25) is 0 Å². The molecule has 0 bridgehead atoms. The number of hydrogen-bond acceptors (Lipinski definition) is 3. The zero-order valence-electron chi connectivity index (χ0n) is 11.2. The fourth-order valence-corrected chi connectivity index (χ4v) is 1.82. The largest absolute Gasteiger partial charge is 0.393 e. The van der Waals surface area contributed by atoms with Crippen LogP contribution in [0.5, 0.6) is 0 Å². The Balaban J connectivity index is 2.69. The predicted molar refractivity (Wildman–Crippen MR) is 81.3 cm³/mol. The molecule has 1 aromatic rings. The summed E-state index contributed by atoms with van der Waals surface area (Å²) in [6.45, 7) is 1.11. The number of nitrogens with two attached hydrogens (primary N) is 1. The van der Waals surface area contributed by atoms with E-state index in [1.165, 1.54) is 0 Å². The molecule has 0 aliphatic rings. The lowest BCUT2D eigenvalue weighted by Crippen LogP contribution is -2.33. The van der Waals surface area contributed by atoms with Crippen molar-refractivity contribution in [2.75, 3.05) is 25.2 Å². The van der Waals surface area contributed by atoms with E-state index in [9.17, 15) is 4.79 Å². The first kappa shape index (κ1) is 15.6. The van der Waals surface area contributed by atoms with E-state index >= 15 is 0 Å². The molecule has 19 heavy (non-hydrogen) atoms. The maximum Gasteiger partial charge on any atom is 0.227 e. The molecule has 0 fully saturated rings. The van der Waals surface area contributed by atoms with Crippen molar-refractivity contribution in [3.05, 3.63) is 30.3 Å². The Morgan fingerprint density at radius 2 is 2.00 bits per heavy atom. The number of para-hydroxylation sites is 1. The van der Waals surface area contributed by atoms with Crippen molar-refractivity contribution in [1.29, 1.82) is 0 Å². The van der Waals surface area contributed by atoms with Gasteiger partial charge in [-0.05, 0) is 18.6 Å². The molecule has 0 radical (unpaired) electrons. The molecule has 4 nitrogen and oxygen atoms in total. The van der Waals surface area contributed by atoms with Gasteiger partial charge in [0, 0.05) is 38.8 Å². The number of ether oxygens (including phenoxy) is 1. The van der Waals surface area contributed by atoms with Gasteiger partial charge in [0.15, 0.2) is 0 Å². The van der Waals surface area contributed by atoms with Gasteiger partial charge in [0.2, 0.25) is 5.91 Å². The number of amides is 1. The van der Waals surface area contributed by atoms with Crippen molar-refractivity contribution in [1.82, 2.24) is 0 Å². The fourth-order valence-electron chi connectivity index (χ4n) is 1.73. The van der Waals surface area contributed by atoms with Gasteiger partial charge in [0.25, 0.3) is 0 Å². The molecule has 1 amide bonds. The van der Waals surface area contributed by atoms with Gasteiger partial charge in [-0.15, -0.1) is 0 Å². The quantitative estimate of drug-likeness (QED) is 0.585. The van der Waals surface area contributed by atoms with Crippen LogP contribution in [0.15, 0.2) is 30.3 Å². The minimum Gasteiger partial charge on any atom is -0.393 e. The van der Waals surface area contributed by atoms with Gasteiger partial charge in [0.1, 0.15) is 0 Å². The maximum atomic E-state index is 12.2. The number of carbonyl (C=O) groups excluding carboxylic acids is 1. The normalized spacial score (nSPS) is 10.2. The SMILES string of the molecule is COCCCC(=O)N(CCC(N)=S)c1ccccc1. The van der Waals surface area contributed by atoms with Crippen molar-refractivity contribution in [3.8, 4) is 0 Å². The van der Waals surface area contributed by atoms with Gasteiger partial charge in [-0.2, -0.15) is 0 Å². The van der Waals surface area contributed by atoms with Crippen LogP contribution in [0.4, 0.5) is 5.69 Å². The van der Waals surface area contributed by atoms with Gasteiger partial charge >= 0.3 is 0 Å². The molecular weight excluding hydrogens is 260 g/mol. The third-order valence-electron chi connectivity index (χ3n) is 2.69. The maximum absolute atomic E-state index is 12.2. The Morgan fingerprint density at radius 3 is 2.58 bits per heavy atom. The van der Waals surface area contributed by atoms with E-state index in [2.05, 4.69) is 0 Å². The number of hydrogen-bond donors (Lipinski definition) is 1. The number of methoxy groups -OCH3 is 1. The van der Waals surface area contributed by atoms with Crippen LogP contribution in [-0.2, 0) is 9.53 Å². The van der Waals surface area contributed by atoms with E-state index in [0.29, 0.717) is 37.4 Å². The highest BCUT2D eigenvalue weighted by Crippen LogP contribution is 2.15. The first-order valence-electron chi connectivity index (χ1n) is 6.28. The lowest BCUT2D eigenvalue weighted by molar-refractivity contribution is -0.118. The Labute approximate surface area is 119 Å². The van der Waals surface area contributed by atoms with Crippen molar-refractivity contribution < 1.29 is 9.53 Å². The highest BCUT2D eigenvalue weighted by Gasteiger charge is 2.15. The monoisotopic (exact) mass is 280 g/mol. The van der Waals surface area contributed by atoms with Gasteiger partial charge in [-0.3, -0.25) is 4.79 Å². The molecule has 0 aliphatic carbocycles. The molecule has 0 aromatic heterocycles. The Morgan fingerprint density at radius 1 is 1.32 bits per heavy atom. The van der Waals surface area contributed by atoms with E-state index in [1.807, 2.05) is 30.3 Å². The Kier molecular flexibility index (Phi) is 7.07. The molecule has 0 spiro atoms. The number of benzene rings is 1. The summed E-state index contributed by atoms with van der Waals surface area (Å²) >= 11 is 4.88. The first-order valence-corrected chi connectivity index (χ1v) is 6.68. The first-order chi connectivity index (χ1) is 9.15. The van der Waals surface area contributed by atoms with Crippen LogP contribution in [0.1, 0.15) is 19.3 Å². The van der Waals surface area contributed by atoms with Crippen molar-refractivity contribution in [2.24, 2.45) is 5.73 Å². The lowest BCUT2D eigenvalue weighted by Gasteiger charge is -2.22. The van der Waals surface area contributed by atoms with Crippen LogP contribution < -0.4 is 10.6 Å². The summed E-state index contributed by atoms with van der Waals surface area (Å²) in [5, 5.41) is 0. The second-order valence-corrected chi connectivity index (χ2v) is 4.72. The summed E-state index contributed by atoms with van der Waals surface area (Å²) in [5.41, 5.74) is 6.39. The number of nitrogens with zero attached hydrogens (tertiary/aromatic N) is 1. The van der Waals surface area contributed by atoms with E-state index < -0.39 is 0 Å². The van der Waals surface area contributed by atoms with Gasteiger partial charge < -0.3 is 15.4 Å². The predicted octanol–water partition coefficient (Wildman–Crippen LogP) is 2.12. The third-order valence-corrected chi connectivity index (χ3v) is 2.89. The molecule has 0 aliphatic heterocycles. The van der Waals surface area contributed by atoms with Crippen LogP contribution in [0.25, 0.3) is 0 Å². The molecule has 1 rings (SSSR count). The van der Waals surface area contributed by atoms with E-state index in [0.717, 1.165) is 5.69 Å². The average Bonchev–Trinajstić information content (AvgIpc) is 2.40. The molecule has 2 N–H and O–H groups in total. The van der Waals surface area contributed by atoms with Crippen LogP contribution >= 0.6 is 12.2 Å². The van der Waals surface area contributed by atoms with Crippen LogP contribution in [-0.4, -0.2) is 31.2 Å². The van der Waals surface area contributed by atoms with Crippen LogP contribution in [0.3, 0.4) is 0 Å². The zero-order chi connectivity index (χ0) is 14.1. The lowest BCUT2D eigenvalue weighted by atomic mass is 10.2. The summed E-state index contributed by atoms with van der Waals surface area (Å²) in [7, 11) is 1.63. The van der Waals surface area contributed by atoms with E-state index in [4.69, 9.17) is 22.7 Å². The molecule has 0 saturated heterocycles. The minimum absolute atomic E-state index is 0.0690. The molecule has 0 unspecified atom stereocenters. The number of thiocarbonyl (C=S) groups is 1. The molecule has 0 heterocycles. The van der Waals surface area contributed by atoms with Gasteiger partial charge in [0.05, 0.1) is 4.99 Å².